The van der Waals surface area contributed by atoms with Crippen molar-refractivity contribution in [3.05, 3.63) is 132 Å². The average molecular weight is 606 g/mol. The molecule has 0 bridgehead atoms. The van der Waals surface area contributed by atoms with Gasteiger partial charge in [-0.25, -0.2) is 16.8 Å². The lowest BCUT2D eigenvalue weighted by atomic mass is 10.1. The van der Waals surface area contributed by atoms with Crippen LogP contribution >= 0.6 is 0 Å². The van der Waals surface area contributed by atoms with Crippen LogP contribution < -0.4 is 9.44 Å². The van der Waals surface area contributed by atoms with E-state index in [2.05, 4.69) is 14.6 Å². The van der Waals surface area contributed by atoms with E-state index in [-0.39, 0.29) is 15.5 Å². The van der Waals surface area contributed by atoms with E-state index < -0.39 is 20.0 Å². The molecule has 0 fully saturated rings. The SMILES string of the molecule is O=S(=O)(Nc1cccc2ccccc12)c1ccc2c(c1)C(=NO)c1cc(S(=O)(=O)Nc3cccc4ccccc34)ccc1-2. The van der Waals surface area contributed by atoms with Gasteiger partial charge in [-0.1, -0.05) is 90.1 Å². The Hall–Kier alpha value is -5.19. The molecular formula is C33H23N3O5S2. The van der Waals surface area contributed by atoms with Crippen LogP contribution in [0.25, 0.3) is 32.7 Å². The molecule has 0 radical (unpaired) electrons. The minimum Gasteiger partial charge on any atom is -0.410 e. The number of nitrogens with one attached hydrogen (secondary N) is 2. The Morgan fingerprint density at radius 2 is 0.907 bits per heavy atom. The second-order valence-electron chi connectivity index (χ2n) is 10.1. The van der Waals surface area contributed by atoms with Crippen LogP contribution in [0.4, 0.5) is 11.4 Å². The Balaban J connectivity index is 1.23. The molecule has 1 aliphatic carbocycles. The highest BCUT2D eigenvalue weighted by atomic mass is 32.2. The molecule has 7 rings (SSSR count). The van der Waals surface area contributed by atoms with Crippen molar-refractivity contribution in [2.75, 3.05) is 9.44 Å². The lowest BCUT2D eigenvalue weighted by molar-refractivity contribution is 0.320. The summed E-state index contributed by atoms with van der Waals surface area (Å²) in [6.45, 7) is 0. The molecule has 0 saturated carbocycles. The van der Waals surface area contributed by atoms with E-state index in [1.807, 2.05) is 60.7 Å². The largest absolute Gasteiger partial charge is 0.410 e. The van der Waals surface area contributed by atoms with Gasteiger partial charge in [0, 0.05) is 21.9 Å². The molecule has 0 atom stereocenters. The van der Waals surface area contributed by atoms with Gasteiger partial charge in [0.05, 0.1) is 21.2 Å². The molecule has 3 N–H and O–H groups in total. The maximum Gasteiger partial charge on any atom is 0.261 e. The Morgan fingerprint density at radius 3 is 1.35 bits per heavy atom. The quantitative estimate of drug-likeness (QED) is 0.142. The van der Waals surface area contributed by atoms with Gasteiger partial charge in [-0.2, -0.15) is 0 Å². The molecule has 43 heavy (non-hydrogen) atoms. The van der Waals surface area contributed by atoms with Crippen molar-refractivity contribution in [2.24, 2.45) is 5.16 Å². The number of sulfonamides is 2. The molecule has 0 saturated heterocycles. The number of oxime groups is 1. The molecule has 10 heteroatoms. The maximum absolute atomic E-state index is 13.5. The van der Waals surface area contributed by atoms with Crippen LogP contribution in [0.1, 0.15) is 11.1 Å². The minimum atomic E-state index is -4.02. The van der Waals surface area contributed by atoms with Crippen molar-refractivity contribution >= 4 is 58.7 Å². The first-order valence-corrected chi connectivity index (χ1v) is 16.2. The van der Waals surface area contributed by atoms with Crippen molar-refractivity contribution in [3.8, 4) is 11.1 Å². The fourth-order valence-electron chi connectivity index (χ4n) is 5.53. The molecule has 6 aromatic carbocycles. The van der Waals surface area contributed by atoms with Crippen LogP contribution in [0, 0.1) is 0 Å². The van der Waals surface area contributed by atoms with E-state index in [1.165, 1.54) is 24.3 Å². The second-order valence-corrected chi connectivity index (χ2v) is 13.5. The summed E-state index contributed by atoms with van der Waals surface area (Å²) in [5, 5.41) is 16.8. The predicted molar refractivity (Wildman–Crippen MR) is 169 cm³/mol. The molecule has 0 heterocycles. The first-order valence-electron chi connectivity index (χ1n) is 13.3. The number of nitrogens with zero attached hydrogens (tertiary/aromatic N) is 1. The second kappa shape index (κ2) is 9.97. The molecule has 6 aromatic rings. The van der Waals surface area contributed by atoms with Crippen molar-refractivity contribution in [1.82, 2.24) is 0 Å². The standard InChI is InChI=1S/C33H23N3O5S2/c37-34-33-29-19-23(42(38,39)35-31-13-5-9-21-7-1-3-11-25(21)31)15-17-27(29)28-18-16-24(20-30(28)33)43(40,41)36-32-14-6-10-22-8-2-4-12-26(22)32/h1-20,35-37H. The molecular weight excluding hydrogens is 583 g/mol. The van der Waals surface area contributed by atoms with Crippen molar-refractivity contribution in [2.45, 2.75) is 9.79 Å². The molecule has 0 aliphatic heterocycles. The highest BCUT2D eigenvalue weighted by Crippen LogP contribution is 2.40. The monoisotopic (exact) mass is 605 g/mol. The Morgan fingerprint density at radius 1 is 0.488 bits per heavy atom. The summed E-state index contributed by atoms with van der Waals surface area (Å²) in [6.07, 6.45) is 0. The summed E-state index contributed by atoms with van der Waals surface area (Å²) in [5.41, 5.74) is 2.94. The smallest absolute Gasteiger partial charge is 0.261 e. The zero-order chi connectivity index (χ0) is 29.8. The molecule has 0 unspecified atom stereocenters. The molecule has 8 nitrogen and oxygen atoms in total. The van der Waals surface area contributed by atoms with E-state index in [0.29, 0.717) is 33.6 Å². The highest BCUT2D eigenvalue weighted by Gasteiger charge is 2.30. The first kappa shape index (κ1) is 26.7. The van der Waals surface area contributed by atoms with Crippen LogP contribution in [0.2, 0.25) is 0 Å². The highest BCUT2D eigenvalue weighted by molar-refractivity contribution is 7.93. The number of hydrogen-bond donors (Lipinski definition) is 3. The number of hydrogen-bond acceptors (Lipinski definition) is 6. The molecule has 0 amide bonds. The van der Waals surface area contributed by atoms with Crippen LogP contribution in [0.3, 0.4) is 0 Å². The van der Waals surface area contributed by atoms with Crippen molar-refractivity contribution in [1.29, 1.82) is 0 Å². The number of fused-ring (bicyclic) bond motifs is 5. The van der Waals surface area contributed by atoms with Crippen molar-refractivity contribution < 1.29 is 22.0 Å². The van der Waals surface area contributed by atoms with E-state index >= 15 is 0 Å². The van der Waals surface area contributed by atoms with Crippen LogP contribution in [-0.2, 0) is 20.0 Å². The Kier molecular flexibility index (Phi) is 6.19. The summed E-state index contributed by atoms with van der Waals surface area (Å²) in [5.74, 6) is 0. The normalized spacial score (nSPS) is 12.6. The minimum absolute atomic E-state index is 0.0291. The summed E-state index contributed by atoms with van der Waals surface area (Å²) < 4.78 is 59.2. The zero-order valence-corrected chi connectivity index (χ0v) is 24.0. The van der Waals surface area contributed by atoms with Gasteiger partial charge < -0.3 is 5.21 Å². The van der Waals surface area contributed by atoms with Gasteiger partial charge in [0.25, 0.3) is 20.0 Å². The molecule has 212 valence electrons. The van der Waals surface area contributed by atoms with Gasteiger partial charge in [0.2, 0.25) is 0 Å². The third kappa shape index (κ3) is 4.57. The van der Waals surface area contributed by atoms with Gasteiger partial charge in [-0.05, 0) is 58.3 Å². The zero-order valence-electron chi connectivity index (χ0n) is 22.4. The van der Waals surface area contributed by atoms with E-state index in [1.54, 1.807) is 36.4 Å². The number of benzene rings is 6. The number of rotatable bonds is 6. The van der Waals surface area contributed by atoms with Gasteiger partial charge in [0.1, 0.15) is 5.71 Å². The third-order valence-corrected chi connectivity index (χ3v) is 10.3. The van der Waals surface area contributed by atoms with E-state index in [0.717, 1.165) is 21.5 Å². The first-order chi connectivity index (χ1) is 20.7. The fourth-order valence-corrected chi connectivity index (χ4v) is 7.74. The lowest BCUT2D eigenvalue weighted by Crippen LogP contribution is -2.14. The van der Waals surface area contributed by atoms with E-state index in [4.69, 9.17) is 0 Å². The van der Waals surface area contributed by atoms with Crippen LogP contribution in [-0.4, -0.2) is 27.8 Å². The summed E-state index contributed by atoms with van der Waals surface area (Å²) in [4.78, 5) is -0.0581. The molecule has 1 aliphatic rings. The van der Waals surface area contributed by atoms with Gasteiger partial charge in [0.15, 0.2) is 0 Å². The van der Waals surface area contributed by atoms with Crippen LogP contribution in [0.15, 0.2) is 136 Å². The maximum atomic E-state index is 13.5. The molecule has 0 spiro atoms. The van der Waals surface area contributed by atoms with E-state index in [9.17, 15) is 22.0 Å². The summed E-state index contributed by atoms with van der Waals surface area (Å²) in [6, 6.07) is 34.7. The Bertz CT molecular complexity index is 2180. The predicted octanol–water partition coefficient (Wildman–Crippen LogP) is 6.80. The fraction of sp³-hybridized carbons (Fsp3) is 0. The van der Waals surface area contributed by atoms with Gasteiger partial charge >= 0.3 is 0 Å². The van der Waals surface area contributed by atoms with Gasteiger partial charge in [-0.3, -0.25) is 9.44 Å². The third-order valence-electron chi connectivity index (χ3n) is 7.57. The van der Waals surface area contributed by atoms with Gasteiger partial charge in [-0.15, -0.1) is 0 Å². The lowest BCUT2D eigenvalue weighted by Gasteiger charge is -2.12. The molecule has 0 aromatic heterocycles. The summed E-state index contributed by atoms with van der Waals surface area (Å²) >= 11 is 0. The average Bonchev–Trinajstić information content (AvgIpc) is 3.33. The number of anilines is 2. The van der Waals surface area contributed by atoms with Crippen molar-refractivity contribution in [3.63, 3.8) is 0 Å². The summed E-state index contributed by atoms with van der Waals surface area (Å²) in [7, 11) is -8.04. The van der Waals surface area contributed by atoms with Crippen LogP contribution in [0.5, 0.6) is 0 Å². The topological polar surface area (TPSA) is 125 Å². The Labute approximate surface area is 248 Å².